The predicted molar refractivity (Wildman–Crippen MR) is 106 cm³/mol. The molecule has 1 aliphatic rings. The summed E-state index contributed by atoms with van der Waals surface area (Å²) < 4.78 is 0. The lowest BCUT2D eigenvalue weighted by Gasteiger charge is -2.39. The number of nitrogens with zero attached hydrogens (tertiary/aromatic N) is 1. The van der Waals surface area contributed by atoms with Crippen LogP contribution in [-0.4, -0.2) is 4.98 Å². The van der Waals surface area contributed by atoms with Crippen LogP contribution in [0.4, 0.5) is 0 Å². The number of aryl methyl sites for hydroxylation is 1. The highest BCUT2D eigenvalue weighted by molar-refractivity contribution is 5.86. The Hall–Kier alpha value is -1.75. The van der Waals surface area contributed by atoms with Gasteiger partial charge in [0.05, 0.1) is 11.6 Å². The minimum Gasteiger partial charge on any atom is -0.358 e. The summed E-state index contributed by atoms with van der Waals surface area (Å²) in [5, 5.41) is 10.5. The minimum absolute atomic E-state index is 0.361. The van der Waals surface area contributed by atoms with Crippen molar-refractivity contribution in [3.8, 4) is 6.07 Å². The van der Waals surface area contributed by atoms with Crippen LogP contribution in [0.25, 0.3) is 10.9 Å². The molecular formula is C23H32N2. The molecule has 0 saturated heterocycles. The quantitative estimate of drug-likeness (QED) is 0.552. The van der Waals surface area contributed by atoms with Gasteiger partial charge in [-0.15, -0.1) is 0 Å². The summed E-state index contributed by atoms with van der Waals surface area (Å²) in [5.74, 6) is 0.629. The third-order valence-electron chi connectivity index (χ3n) is 6.21. The lowest BCUT2D eigenvalue weighted by atomic mass is 9.65. The van der Waals surface area contributed by atoms with E-state index in [1.165, 1.54) is 62.4 Å². The second-order valence-corrected chi connectivity index (χ2v) is 8.49. The Morgan fingerprint density at radius 2 is 1.92 bits per heavy atom. The number of aromatic amines is 1. The Balaban J connectivity index is 1.81. The Kier molecular flexibility index (Phi) is 5.52. The van der Waals surface area contributed by atoms with Gasteiger partial charge < -0.3 is 4.98 Å². The number of H-pyrrole nitrogens is 1. The second kappa shape index (κ2) is 7.65. The lowest BCUT2D eigenvalue weighted by Crippen LogP contribution is -2.28. The van der Waals surface area contributed by atoms with E-state index in [-0.39, 0.29) is 0 Å². The predicted octanol–water partition coefficient (Wildman–Crippen LogP) is 6.85. The molecule has 1 N–H and O–H groups in total. The molecule has 2 heteroatoms. The molecule has 134 valence electrons. The molecule has 1 heterocycles. The van der Waals surface area contributed by atoms with Gasteiger partial charge in [-0.3, -0.25) is 0 Å². The fraction of sp³-hybridized carbons (Fsp3) is 0.609. The van der Waals surface area contributed by atoms with Crippen molar-refractivity contribution in [3.63, 3.8) is 0 Å². The van der Waals surface area contributed by atoms with E-state index in [1.54, 1.807) is 5.56 Å². The second-order valence-electron chi connectivity index (χ2n) is 8.49. The smallest absolute Gasteiger partial charge is 0.0992 e. The number of benzene rings is 1. The zero-order valence-corrected chi connectivity index (χ0v) is 16.1. The minimum atomic E-state index is 0.361. The normalized spacial score (nSPS) is 18.9. The van der Waals surface area contributed by atoms with Crippen molar-refractivity contribution in [1.82, 2.24) is 4.98 Å². The summed E-state index contributed by atoms with van der Waals surface area (Å²) in [5.41, 5.74) is 5.22. The van der Waals surface area contributed by atoms with Gasteiger partial charge in [0.25, 0.3) is 0 Å². The van der Waals surface area contributed by atoms with Crippen LogP contribution in [-0.2, 0) is 6.42 Å². The molecule has 3 rings (SSSR count). The Labute approximate surface area is 152 Å². The van der Waals surface area contributed by atoms with E-state index in [2.05, 4.69) is 37.9 Å². The van der Waals surface area contributed by atoms with E-state index in [4.69, 9.17) is 0 Å². The average Bonchev–Trinajstić information content (AvgIpc) is 2.96. The average molecular weight is 337 g/mol. The van der Waals surface area contributed by atoms with Crippen molar-refractivity contribution in [2.75, 3.05) is 0 Å². The first-order valence-corrected chi connectivity index (χ1v) is 10.1. The summed E-state index contributed by atoms with van der Waals surface area (Å²) >= 11 is 0. The van der Waals surface area contributed by atoms with E-state index >= 15 is 0 Å². The third kappa shape index (κ3) is 3.76. The molecule has 1 unspecified atom stereocenters. The SMILES string of the molecule is CCCCCCCCC1c2c([nH]c3cc(C#N)ccc23)CCC1(C)C. The first-order valence-electron chi connectivity index (χ1n) is 10.1. The Morgan fingerprint density at radius 3 is 2.68 bits per heavy atom. The van der Waals surface area contributed by atoms with Gasteiger partial charge in [-0.2, -0.15) is 5.26 Å². The van der Waals surface area contributed by atoms with E-state index in [9.17, 15) is 5.26 Å². The van der Waals surface area contributed by atoms with Crippen LogP contribution in [0.5, 0.6) is 0 Å². The van der Waals surface area contributed by atoms with E-state index in [0.717, 1.165) is 17.5 Å². The largest absolute Gasteiger partial charge is 0.358 e. The van der Waals surface area contributed by atoms with Crippen molar-refractivity contribution in [2.24, 2.45) is 5.41 Å². The van der Waals surface area contributed by atoms with Crippen molar-refractivity contribution >= 4 is 10.9 Å². The molecular weight excluding hydrogens is 304 g/mol. The zero-order valence-electron chi connectivity index (χ0n) is 16.1. The molecule has 1 atom stereocenters. The molecule has 1 aromatic carbocycles. The molecule has 2 aromatic rings. The van der Waals surface area contributed by atoms with Crippen LogP contribution in [0.2, 0.25) is 0 Å². The Bertz CT molecular complexity index is 760. The number of unbranched alkanes of at least 4 members (excludes halogenated alkanes) is 5. The number of hydrogen-bond donors (Lipinski definition) is 1. The van der Waals surface area contributed by atoms with Crippen LogP contribution in [0.1, 0.15) is 94.9 Å². The topological polar surface area (TPSA) is 39.6 Å². The monoisotopic (exact) mass is 336 g/mol. The third-order valence-corrected chi connectivity index (χ3v) is 6.21. The summed E-state index contributed by atoms with van der Waals surface area (Å²) in [4.78, 5) is 3.63. The Morgan fingerprint density at radius 1 is 1.16 bits per heavy atom. The number of hydrogen-bond acceptors (Lipinski definition) is 1. The van der Waals surface area contributed by atoms with E-state index in [1.807, 2.05) is 12.1 Å². The van der Waals surface area contributed by atoms with Crippen molar-refractivity contribution < 1.29 is 0 Å². The maximum atomic E-state index is 9.18. The number of nitriles is 1. The van der Waals surface area contributed by atoms with E-state index < -0.39 is 0 Å². The molecule has 1 aliphatic carbocycles. The molecule has 0 bridgehead atoms. The van der Waals surface area contributed by atoms with Gasteiger partial charge in [0.1, 0.15) is 0 Å². The van der Waals surface area contributed by atoms with Crippen LogP contribution in [0.15, 0.2) is 18.2 Å². The summed E-state index contributed by atoms with van der Waals surface area (Å²) in [6.07, 6.45) is 11.8. The highest BCUT2D eigenvalue weighted by Crippen LogP contribution is 2.50. The molecule has 0 aliphatic heterocycles. The maximum absolute atomic E-state index is 9.18. The van der Waals surface area contributed by atoms with Crippen LogP contribution in [0, 0.1) is 16.7 Å². The van der Waals surface area contributed by atoms with Gasteiger partial charge in [0.15, 0.2) is 0 Å². The molecule has 0 amide bonds. The van der Waals surface area contributed by atoms with E-state index in [0.29, 0.717) is 11.3 Å². The van der Waals surface area contributed by atoms with Gasteiger partial charge in [-0.05, 0) is 48.3 Å². The summed E-state index contributed by atoms with van der Waals surface area (Å²) in [6, 6.07) is 8.42. The number of fused-ring (bicyclic) bond motifs is 3. The molecule has 0 radical (unpaired) electrons. The van der Waals surface area contributed by atoms with Gasteiger partial charge in [-0.25, -0.2) is 0 Å². The first-order chi connectivity index (χ1) is 12.1. The maximum Gasteiger partial charge on any atom is 0.0992 e. The van der Waals surface area contributed by atoms with Gasteiger partial charge in [-0.1, -0.05) is 65.4 Å². The standard InChI is InChI=1S/C23H32N2/c1-4-5-6-7-8-9-10-19-22-18-12-11-17(16-24)15-21(18)25-20(22)13-14-23(19,2)3/h11-12,15,19,25H,4-10,13-14H2,1-3H3. The molecule has 0 spiro atoms. The summed E-state index contributed by atoms with van der Waals surface area (Å²) in [7, 11) is 0. The highest BCUT2D eigenvalue weighted by atomic mass is 14.7. The van der Waals surface area contributed by atoms with Crippen LogP contribution >= 0.6 is 0 Å². The molecule has 0 fully saturated rings. The summed E-state index contributed by atoms with van der Waals surface area (Å²) in [6.45, 7) is 7.17. The fourth-order valence-corrected chi connectivity index (χ4v) is 4.62. The van der Waals surface area contributed by atoms with Crippen molar-refractivity contribution in [3.05, 3.63) is 35.0 Å². The number of rotatable bonds is 7. The fourth-order valence-electron chi connectivity index (χ4n) is 4.62. The van der Waals surface area contributed by atoms with Crippen molar-refractivity contribution in [2.45, 2.75) is 84.5 Å². The first kappa shape index (κ1) is 18.1. The number of aromatic nitrogens is 1. The molecule has 1 aromatic heterocycles. The van der Waals surface area contributed by atoms with Crippen LogP contribution < -0.4 is 0 Å². The molecule has 0 saturated carbocycles. The zero-order chi connectivity index (χ0) is 17.9. The van der Waals surface area contributed by atoms with Gasteiger partial charge >= 0.3 is 0 Å². The molecule has 25 heavy (non-hydrogen) atoms. The van der Waals surface area contributed by atoms with Crippen molar-refractivity contribution in [1.29, 1.82) is 5.26 Å². The lowest BCUT2D eigenvalue weighted by molar-refractivity contribution is 0.229. The number of nitrogens with one attached hydrogen (secondary N) is 1. The van der Waals surface area contributed by atoms with Gasteiger partial charge in [0.2, 0.25) is 0 Å². The van der Waals surface area contributed by atoms with Crippen LogP contribution in [0.3, 0.4) is 0 Å². The van der Waals surface area contributed by atoms with Gasteiger partial charge in [0, 0.05) is 16.6 Å². The highest BCUT2D eigenvalue weighted by Gasteiger charge is 2.37. The molecule has 2 nitrogen and oxygen atoms in total.